The lowest BCUT2D eigenvalue weighted by atomic mass is 10.0. The summed E-state index contributed by atoms with van der Waals surface area (Å²) in [5.41, 5.74) is 1.71. The Bertz CT molecular complexity index is 407. The van der Waals surface area contributed by atoms with Crippen LogP contribution in [0.3, 0.4) is 0 Å². The second-order valence-corrected chi connectivity index (χ2v) is 5.26. The molecule has 0 radical (unpaired) electrons. The molecule has 0 aromatic heterocycles. The van der Waals surface area contributed by atoms with Gasteiger partial charge in [-0.15, -0.1) is 0 Å². The van der Waals surface area contributed by atoms with E-state index in [1.807, 2.05) is 12.1 Å². The summed E-state index contributed by atoms with van der Waals surface area (Å²) in [5, 5.41) is 3.56. The molecule has 1 aromatic rings. The third kappa shape index (κ3) is 3.09. The summed E-state index contributed by atoms with van der Waals surface area (Å²) >= 11 is 0. The molecule has 0 saturated heterocycles. The zero-order valence-corrected chi connectivity index (χ0v) is 11.4. The van der Waals surface area contributed by atoms with Gasteiger partial charge in [0.15, 0.2) is 0 Å². The smallest absolute Gasteiger partial charge is 0.126 e. The maximum Gasteiger partial charge on any atom is 0.126 e. The second-order valence-electron chi connectivity index (χ2n) is 5.26. The van der Waals surface area contributed by atoms with Gasteiger partial charge in [0.2, 0.25) is 0 Å². The average molecular weight is 251 g/mol. The predicted octanol–water partition coefficient (Wildman–Crippen LogP) is 3.35. The fourth-order valence-corrected chi connectivity index (χ4v) is 2.63. The minimum Gasteiger partial charge on any atom is -0.381 e. The van der Waals surface area contributed by atoms with E-state index in [9.17, 15) is 4.39 Å². The van der Waals surface area contributed by atoms with Gasteiger partial charge in [0.25, 0.3) is 0 Å². The maximum absolute atomic E-state index is 13.5. The Morgan fingerprint density at radius 1 is 1.39 bits per heavy atom. The van der Waals surface area contributed by atoms with Gasteiger partial charge in [-0.05, 0) is 50.3 Å². The fraction of sp³-hybridized carbons (Fsp3) is 0.600. The first-order chi connectivity index (χ1) is 8.60. The van der Waals surface area contributed by atoms with Crippen molar-refractivity contribution in [3.05, 3.63) is 35.1 Å². The number of rotatable bonds is 4. The standard InChI is InChI=1S/C15H22FNO/c1-10-4-5-12(8-15(10)16)11(2)17-13-6-7-14(9-13)18-3/h4-5,8,11,13-14,17H,6-7,9H2,1-3H3. The van der Waals surface area contributed by atoms with E-state index in [0.29, 0.717) is 17.7 Å². The number of nitrogens with one attached hydrogen (secondary N) is 1. The molecule has 0 spiro atoms. The number of ether oxygens (including phenoxy) is 1. The van der Waals surface area contributed by atoms with E-state index in [2.05, 4.69) is 12.2 Å². The molecule has 1 aliphatic rings. The van der Waals surface area contributed by atoms with Crippen LogP contribution in [0.4, 0.5) is 4.39 Å². The normalized spacial score (nSPS) is 25.3. The van der Waals surface area contributed by atoms with E-state index in [4.69, 9.17) is 4.74 Å². The van der Waals surface area contributed by atoms with Crippen LogP contribution in [-0.2, 0) is 4.74 Å². The molecule has 3 heteroatoms. The quantitative estimate of drug-likeness (QED) is 0.886. The van der Waals surface area contributed by atoms with Crippen molar-refractivity contribution in [1.82, 2.24) is 5.32 Å². The van der Waals surface area contributed by atoms with E-state index < -0.39 is 0 Å². The van der Waals surface area contributed by atoms with E-state index in [1.54, 1.807) is 20.1 Å². The highest BCUT2D eigenvalue weighted by atomic mass is 19.1. The predicted molar refractivity (Wildman–Crippen MR) is 71.1 cm³/mol. The van der Waals surface area contributed by atoms with Gasteiger partial charge in [-0.3, -0.25) is 0 Å². The highest BCUT2D eigenvalue weighted by Gasteiger charge is 2.25. The van der Waals surface area contributed by atoms with Crippen molar-refractivity contribution in [2.75, 3.05) is 7.11 Å². The Hall–Kier alpha value is -0.930. The lowest BCUT2D eigenvalue weighted by Gasteiger charge is -2.20. The van der Waals surface area contributed by atoms with Gasteiger partial charge in [-0.25, -0.2) is 4.39 Å². The Kier molecular flexibility index (Phi) is 4.36. The molecular formula is C15H22FNO. The van der Waals surface area contributed by atoms with Crippen LogP contribution in [-0.4, -0.2) is 19.3 Å². The van der Waals surface area contributed by atoms with Gasteiger partial charge < -0.3 is 10.1 Å². The molecule has 18 heavy (non-hydrogen) atoms. The zero-order chi connectivity index (χ0) is 13.1. The molecule has 0 amide bonds. The number of methoxy groups -OCH3 is 1. The number of hydrogen-bond donors (Lipinski definition) is 1. The van der Waals surface area contributed by atoms with E-state index in [0.717, 1.165) is 24.8 Å². The third-order valence-corrected chi connectivity index (χ3v) is 3.90. The van der Waals surface area contributed by atoms with Gasteiger partial charge in [0.05, 0.1) is 6.10 Å². The first-order valence-corrected chi connectivity index (χ1v) is 6.65. The second kappa shape index (κ2) is 5.81. The largest absolute Gasteiger partial charge is 0.381 e. The van der Waals surface area contributed by atoms with Crippen LogP contribution >= 0.6 is 0 Å². The van der Waals surface area contributed by atoms with Gasteiger partial charge in [0.1, 0.15) is 5.82 Å². The monoisotopic (exact) mass is 251 g/mol. The molecule has 100 valence electrons. The van der Waals surface area contributed by atoms with Crippen LogP contribution in [0.5, 0.6) is 0 Å². The highest BCUT2D eigenvalue weighted by molar-refractivity contribution is 5.25. The van der Waals surface area contributed by atoms with E-state index in [-0.39, 0.29) is 11.9 Å². The van der Waals surface area contributed by atoms with Gasteiger partial charge in [-0.1, -0.05) is 12.1 Å². The maximum atomic E-state index is 13.5. The number of halogens is 1. The van der Waals surface area contributed by atoms with Crippen molar-refractivity contribution in [3.63, 3.8) is 0 Å². The van der Waals surface area contributed by atoms with Crippen LogP contribution in [0.2, 0.25) is 0 Å². The SMILES string of the molecule is COC1CCC(NC(C)c2ccc(C)c(F)c2)C1. The van der Waals surface area contributed by atoms with E-state index in [1.165, 1.54) is 0 Å². The number of hydrogen-bond acceptors (Lipinski definition) is 2. The molecule has 3 unspecified atom stereocenters. The molecule has 3 atom stereocenters. The molecule has 1 N–H and O–H groups in total. The summed E-state index contributed by atoms with van der Waals surface area (Å²) in [6.45, 7) is 3.88. The van der Waals surface area contributed by atoms with Crippen molar-refractivity contribution >= 4 is 0 Å². The Morgan fingerprint density at radius 2 is 2.17 bits per heavy atom. The van der Waals surface area contributed by atoms with Crippen molar-refractivity contribution in [3.8, 4) is 0 Å². The van der Waals surface area contributed by atoms with Crippen molar-refractivity contribution in [1.29, 1.82) is 0 Å². The number of aryl methyl sites for hydroxylation is 1. The first kappa shape index (κ1) is 13.5. The minimum absolute atomic E-state index is 0.123. The molecule has 2 nitrogen and oxygen atoms in total. The highest BCUT2D eigenvalue weighted by Crippen LogP contribution is 2.25. The summed E-state index contributed by atoms with van der Waals surface area (Å²) in [6.07, 6.45) is 3.68. The molecule has 1 fully saturated rings. The first-order valence-electron chi connectivity index (χ1n) is 6.65. The van der Waals surface area contributed by atoms with Crippen molar-refractivity contribution < 1.29 is 9.13 Å². The topological polar surface area (TPSA) is 21.3 Å². The lowest BCUT2D eigenvalue weighted by Crippen LogP contribution is -2.30. The molecule has 1 aliphatic carbocycles. The minimum atomic E-state index is -0.123. The fourth-order valence-electron chi connectivity index (χ4n) is 2.63. The van der Waals surface area contributed by atoms with E-state index >= 15 is 0 Å². The Balaban J connectivity index is 1.95. The van der Waals surface area contributed by atoms with Gasteiger partial charge >= 0.3 is 0 Å². The average Bonchev–Trinajstić information content (AvgIpc) is 2.80. The van der Waals surface area contributed by atoms with Gasteiger partial charge in [0, 0.05) is 19.2 Å². The van der Waals surface area contributed by atoms with Crippen LogP contribution in [0, 0.1) is 12.7 Å². The molecule has 0 aliphatic heterocycles. The van der Waals surface area contributed by atoms with Gasteiger partial charge in [-0.2, -0.15) is 0 Å². The third-order valence-electron chi connectivity index (χ3n) is 3.90. The van der Waals surface area contributed by atoms with Crippen molar-refractivity contribution in [2.45, 2.75) is 51.3 Å². The van der Waals surface area contributed by atoms with Crippen LogP contribution in [0.15, 0.2) is 18.2 Å². The molecule has 1 saturated carbocycles. The van der Waals surface area contributed by atoms with Crippen LogP contribution < -0.4 is 5.32 Å². The van der Waals surface area contributed by atoms with Crippen molar-refractivity contribution in [2.24, 2.45) is 0 Å². The molecule has 0 heterocycles. The summed E-state index contributed by atoms with van der Waals surface area (Å²) in [5.74, 6) is -0.123. The zero-order valence-electron chi connectivity index (χ0n) is 11.4. The molecule has 0 bridgehead atoms. The summed E-state index contributed by atoms with van der Waals surface area (Å²) in [7, 11) is 1.77. The molecule has 2 rings (SSSR count). The Morgan fingerprint density at radius 3 is 2.78 bits per heavy atom. The summed E-state index contributed by atoms with van der Waals surface area (Å²) in [4.78, 5) is 0. The van der Waals surface area contributed by atoms with Crippen LogP contribution in [0.1, 0.15) is 43.4 Å². The lowest BCUT2D eigenvalue weighted by molar-refractivity contribution is 0.106. The molecular weight excluding hydrogens is 229 g/mol. The number of benzene rings is 1. The molecule has 1 aromatic carbocycles. The summed E-state index contributed by atoms with van der Waals surface area (Å²) < 4.78 is 18.9. The summed E-state index contributed by atoms with van der Waals surface area (Å²) in [6, 6.07) is 6.14. The Labute approximate surface area is 109 Å². The van der Waals surface area contributed by atoms with Crippen LogP contribution in [0.25, 0.3) is 0 Å².